The highest BCUT2D eigenvalue weighted by Crippen LogP contribution is 2.19. The van der Waals surface area contributed by atoms with Gasteiger partial charge in [0.05, 0.1) is 6.04 Å². The lowest BCUT2D eigenvalue weighted by molar-refractivity contribution is -0.123. The van der Waals surface area contributed by atoms with E-state index >= 15 is 0 Å². The Morgan fingerprint density at radius 3 is 2.55 bits per heavy atom. The van der Waals surface area contributed by atoms with Gasteiger partial charge in [0.2, 0.25) is 0 Å². The molecule has 3 nitrogen and oxygen atoms in total. The van der Waals surface area contributed by atoms with Crippen LogP contribution in [0.2, 0.25) is 0 Å². The Labute approximate surface area is 132 Å². The van der Waals surface area contributed by atoms with E-state index in [1.54, 1.807) is 0 Å². The van der Waals surface area contributed by atoms with E-state index in [9.17, 15) is 4.79 Å². The van der Waals surface area contributed by atoms with Crippen molar-refractivity contribution in [3.63, 3.8) is 0 Å². The minimum Gasteiger partial charge on any atom is -0.484 e. The van der Waals surface area contributed by atoms with Crippen molar-refractivity contribution in [2.24, 2.45) is 0 Å². The van der Waals surface area contributed by atoms with Crippen LogP contribution in [0.5, 0.6) is 5.75 Å². The first-order valence-electron chi connectivity index (χ1n) is 7.51. The van der Waals surface area contributed by atoms with Gasteiger partial charge in [0, 0.05) is 0 Å². The monoisotopic (exact) mass is 297 g/mol. The van der Waals surface area contributed by atoms with Gasteiger partial charge in [-0.1, -0.05) is 35.9 Å². The predicted octanol–water partition coefficient (Wildman–Crippen LogP) is 3.87. The molecule has 0 fully saturated rings. The van der Waals surface area contributed by atoms with E-state index in [2.05, 4.69) is 37.4 Å². The molecular weight excluding hydrogens is 274 g/mol. The Kier molecular flexibility index (Phi) is 5.21. The molecule has 0 aromatic heterocycles. The highest BCUT2D eigenvalue weighted by Gasteiger charge is 2.12. The Bertz CT molecular complexity index is 664. The highest BCUT2D eigenvalue weighted by molar-refractivity contribution is 5.78. The van der Waals surface area contributed by atoms with Crippen LogP contribution in [0.3, 0.4) is 0 Å². The van der Waals surface area contributed by atoms with Gasteiger partial charge in [-0.3, -0.25) is 4.79 Å². The number of rotatable bonds is 5. The van der Waals surface area contributed by atoms with E-state index in [1.165, 1.54) is 11.1 Å². The number of aryl methyl sites for hydroxylation is 3. The molecule has 0 saturated heterocycles. The third-order valence-corrected chi connectivity index (χ3v) is 3.64. The second-order valence-corrected chi connectivity index (χ2v) is 5.75. The van der Waals surface area contributed by atoms with Gasteiger partial charge in [0.15, 0.2) is 6.61 Å². The lowest BCUT2D eigenvalue weighted by Crippen LogP contribution is -2.31. The normalized spacial score (nSPS) is 11.8. The standard InChI is InChI=1S/C19H23NO2/c1-13-6-5-7-17(10-13)22-12-19(21)20-16(4)18-11-14(2)8-9-15(18)3/h5-11,16H,12H2,1-4H3,(H,20,21)/t16-/m0/s1. The fourth-order valence-electron chi connectivity index (χ4n) is 2.44. The highest BCUT2D eigenvalue weighted by atomic mass is 16.5. The van der Waals surface area contributed by atoms with Gasteiger partial charge in [-0.25, -0.2) is 0 Å². The van der Waals surface area contributed by atoms with E-state index in [0.717, 1.165) is 16.9 Å². The average molecular weight is 297 g/mol. The molecule has 2 aromatic rings. The van der Waals surface area contributed by atoms with Crippen LogP contribution in [0.15, 0.2) is 42.5 Å². The van der Waals surface area contributed by atoms with Crippen molar-refractivity contribution in [2.75, 3.05) is 6.61 Å². The van der Waals surface area contributed by atoms with Gasteiger partial charge >= 0.3 is 0 Å². The van der Waals surface area contributed by atoms with Crippen LogP contribution in [-0.4, -0.2) is 12.5 Å². The smallest absolute Gasteiger partial charge is 0.258 e. The van der Waals surface area contributed by atoms with Crippen LogP contribution < -0.4 is 10.1 Å². The number of nitrogens with one attached hydrogen (secondary N) is 1. The summed E-state index contributed by atoms with van der Waals surface area (Å²) in [5, 5.41) is 2.99. The molecule has 0 spiro atoms. The Morgan fingerprint density at radius 1 is 1.09 bits per heavy atom. The molecule has 0 aliphatic rings. The lowest BCUT2D eigenvalue weighted by Gasteiger charge is -2.17. The van der Waals surface area contributed by atoms with Crippen LogP contribution in [0.1, 0.15) is 35.2 Å². The van der Waals surface area contributed by atoms with Crippen LogP contribution in [0, 0.1) is 20.8 Å². The topological polar surface area (TPSA) is 38.3 Å². The Balaban J connectivity index is 1.92. The largest absolute Gasteiger partial charge is 0.484 e. The molecule has 1 amide bonds. The molecule has 0 heterocycles. The molecular formula is C19H23NO2. The van der Waals surface area contributed by atoms with E-state index < -0.39 is 0 Å². The summed E-state index contributed by atoms with van der Waals surface area (Å²) < 4.78 is 5.53. The van der Waals surface area contributed by atoms with E-state index in [-0.39, 0.29) is 18.6 Å². The minimum atomic E-state index is -0.116. The van der Waals surface area contributed by atoms with Crippen molar-refractivity contribution in [2.45, 2.75) is 33.7 Å². The van der Waals surface area contributed by atoms with Crippen molar-refractivity contribution in [3.05, 3.63) is 64.7 Å². The molecule has 1 atom stereocenters. The SMILES string of the molecule is Cc1cccc(OCC(=O)N[C@@H](C)c2cc(C)ccc2C)c1. The molecule has 1 N–H and O–H groups in total. The van der Waals surface area contributed by atoms with Gasteiger partial charge in [0.25, 0.3) is 5.91 Å². The predicted molar refractivity (Wildman–Crippen MR) is 89.1 cm³/mol. The molecule has 3 heteroatoms. The third kappa shape index (κ3) is 4.35. The molecule has 0 radical (unpaired) electrons. The molecule has 22 heavy (non-hydrogen) atoms. The molecule has 0 unspecified atom stereocenters. The van der Waals surface area contributed by atoms with Crippen LogP contribution in [0.4, 0.5) is 0 Å². The summed E-state index contributed by atoms with van der Waals surface area (Å²) in [6.07, 6.45) is 0. The van der Waals surface area contributed by atoms with Gasteiger partial charge in [-0.2, -0.15) is 0 Å². The van der Waals surface area contributed by atoms with Gasteiger partial charge in [-0.05, 0) is 56.5 Å². The summed E-state index contributed by atoms with van der Waals surface area (Å²) in [6, 6.07) is 13.9. The third-order valence-electron chi connectivity index (χ3n) is 3.64. The number of carbonyl (C=O) groups is 1. The molecule has 0 aliphatic heterocycles. The number of amides is 1. The maximum Gasteiger partial charge on any atom is 0.258 e. The maximum atomic E-state index is 12.0. The van der Waals surface area contributed by atoms with Crippen molar-refractivity contribution in [3.8, 4) is 5.75 Å². The molecule has 0 aliphatic carbocycles. The van der Waals surface area contributed by atoms with Crippen LogP contribution >= 0.6 is 0 Å². The zero-order valence-electron chi connectivity index (χ0n) is 13.6. The quantitative estimate of drug-likeness (QED) is 0.910. The number of ether oxygens (including phenoxy) is 1. The first-order valence-corrected chi connectivity index (χ1v) is 7.51. The minimum absolute atomic E-state index is 0.0264. The Hall–Kier alpha value is -2.29. The second kappa shape index (κ2) is 7.12. The number of hydrogen-bond donors (Lipinski definition) is 1. The summed E-state index contributed by atoms with van der Waals surface area (Å²) >= 11 is 0. The van der Waals surface area contributed by atoms with E-state index in [4.69, 9.17) is 4.74 Å². The Morgan fingerprint density at radius 2 is 1.82 bits per heavy atom. The van der Waals surface area contributed by atoms with Crippen molar-refractivity contribution in [1.82, 2.24) is 5.32 Å². The summed E-state index contributed by atoms with van der Waals surface area (Å²) in [5.74, 6) is 0.601. The molecule has 0 bridgehead atoms. The average Bonchev–Trinajstić information content (AvgIpc) is 2.47. The fourth-order valence-corrected chi connectivity index (χ4v) is 2.44. The number of hydrogen-bond acceptors (Lipinski definition) is 2. The lowest BCUT2D eigenvalue weighted by atomic mass is 10.00. The number of carbonyl (C=O) groups excluding carboxylic acids is 1. The molecule has 116 valence electrons. The number of benzene rings is 2. The summed E-state index contributed by atoms with van der Waals surface area (Å²) in [6.45, 7) is 8.12. The first kappa shape index (κ1) is 16.1. The zero-order valence-corrected chi connectivity index (χ0v) is 13.6. The van der Waals surface area contributed by atoms with Gasteiger partial charge in [-0.15, -0.1) is 0 Å². The zero-order chi connectivity index (χ0) is 16.1. The van der Waals surface area contributed by atoms with Crippen molar-refractivity contribution >= 4 is 5.91 Å². The molecule has 2 aromatic carbocycles. The fraction of sp³-hybridized carbons (Fsp3) is 0.316. The van der Waals surface area contributed by atoms with E-state index in [0.29, 0.717) is 0 Å². The summed E-state index contributed by atoms with van der Waals surface area (Å²) in [4.78, 5) is 12.0. The summed E-state index contributed by atoms with van der Waals surface area (Å²) in [7, 11) is 0. The summed E-state index contributed by atoms with van der Waals surface area (Å²) in [5.41, 5.74) is 4.63. The van der Waals surface area contributed by atoms with Gasteiger partial charge in [0.1, 0.15) is 5.75 Å². The first-order chi connectivity index (χ1) is 10.5. The maximum absolute atomic E-state index is 12.0. The van der Waals surface area contributed by atoms with Crippen LogP contribution in [0.25, 0.3) is 0 Å². The van der Waals surface area contributed by atoms with Gasteiger partial charge < -0.3 is 10.1 Å². The van der Waals surface area contributed by atoms with Crippen molar-refractivity contribution in [1.29, 1.82) is 0 Å². The van der Waals surface area contributed by atoms with E-state index in [1.807, 2.05) is 38.1 Å². The van der Waals surface area contributed by atoms with Crippen LogP contribution in [-0.2, 0) is 4.79 Å². The van der Waals surface area contributed by atoms with Crippen molar-refractivity contribution < 1.29 is 9.53 Å². The molecule has 2 rings (SSSR count). The second-order valence-electron chi connectivity index (χ2n) is 5.75. The molecule has 0 saturated carbocycles.